The van der Waals surface area contributed by atoms with E-state index in [4.69, 9.17) is 16.3 Å². The third kappa shape index (κ3) is 5.80. The number of anilines is 1. The van der Waals surface area contributed by atoms with Gasteiger partial charge in [-0.15, -0.1) is 0 Å². The number of carbonyl (C=O) groups excluding carboxylic acids is 1. The molecular formula is C21H22ClF4N3O2. The molecule has 0 aliphatic carbocycles. The Hall–Kier alpha value is -2.52. The number of amides is 2. The lowest BCUT2D eigenvalue weighted by Gasteiger charge is -2.35. The lowest BCUT2D eigenvalue weighted by Crippen LogP contribution is -2.51. The quantitative estimate of drug-likeness (QED) is 0.538. The molecule has 168 valence electrons. The van der Waals surface area contributed by atoms with E-state index in [-0.39, 0.29) is 12.3 Å². The molecule has 1 aliphatic rings. The van der Waals surface area contributed by atoms with Crippen molar-refractivity contribution in [3.63, 3.8) is 0 Å². The zero-order valence-electron chi connectivity index (χ0n) is 16.7. The van der Waals surface area contributed by atoms with Crippen LogP contribution in [0.15, 0.2) is 36.4 Å². The number of benzene rings is 2. The topological polar surface area (TPSA) is 62.4 Å². The Morgan fingerprint density at radius 3 is 2.48 bits per heavy atom. The van der Waals surface area contributed by atoms with Gasteiger partial charge in [-0.1, -0.05) is 11.6 Å². The number of hydrogen-bond donors (Lipinski definition) is 3. The summed E-state index contributed by atoms with van der Waals surface area (Å²) in [5, 5.41) is 8.79. The molecule has 1 heterocycles. The first-order chi connectivity index (χ1) is 14.7. The summed E-state index contributed by atoms with van der Waals surface area (Å²) in [6, 6.07) is 6.68. The first-order valence-corrected chi connectivity index (χ1v) is 10.0. The molecule has 1 saturated heterocycles. The molecule has 2 aromatic rings. The molecule has 2 amide bonds. The van der Waals surface area contributed by atoms with E-state index in [1.165, 1.54) is 7.11 Å². The van der Waals surface area contributed by atoms with Crippen LogP contribution in [-0.2, 0) is 5.92 Å². The Morgan fingerprint density at radius 2 is 1.87 bits per heavy atom. The van der Waals surface area contributed by atoms with Gasteiger partial charge in [0.15, 0.2) is 0 Å². The summed E-state index contributed by atoms with van der Waals surface area (Å²) in [7, 11) is 1.19. The minimum absolute atomic E-state index is 0.168. The molecule has 0 spiro atoms. The molecule has 3 rings (SSSR count). The average Bonchev–Trinajstić information content (AvgIpc) is 2.70. The maximum absolute atomic E-state index is 14.9. The van der Waals surface area contributed by atoms with E-state index >= 15 is 0 Å². The molecule has 2 aromatic carbocycles. The Kier molecular flexibility index (Phi) is 7.27. The fourth-order valence-electron chi connectivity index (χ4n) is 3.64. The highest BCUT2D eigenvalue weighted by Gasteiger charge is 2.43. The zero-order valence-corrected chi connectivity index (χ0v) is 17.4. The molecule has 5 nitrogen and oxygen atoms in total. The van der Waals surface area contributed by atoms with Gasteiger partial charge in [0.2, 0.25) is 0 Å². The summed E-state index contributed by atoms with van der Waals surface area (Å²) < 4.78 is 63.0. The number of urea groups is 1. The fourth-order valence-corrected chi connectivity index (χ4v) is 3.77. The average molecular weight is 460 g/mol. The van der Waals surface area contributed by atoms with E-state index < -0.39 is 47.5 Å². The van der Waals surface area contributed by atoms with Crippen LogP contribution in [0.25, 0.3) is 0 Å². The number of hydrogen-bond acceptors (Lipinski definition) is 3. The van der Waals surface area contributed by atoms with Gasteiger partial charge in [0.05, 0.1) is 12.7 Å². The van der Waals surface area contributed by atoms with Crippen LogP contribution in [0.2, 0.25) is 5.02 Å². The molecule has 3 N–H and O–H groups in total. The van der Waals surface area contributed by atoms with Gasteiger partial charge in [-0.3, -0.25) is 0 Å². The first-order valence-electron chi connectivity index (χ1n) is 9.64. The highest BCUT2D eigenvalue weighted by atomic mass is 35.5. The van der Waals surface area contributed by atoms with E-state index in [2.05, 4.69) is 16.0 Å². The van der Waals surface area contributed by atoms with Crippen molar-refractivity contribution >= 4 is 23.3 Å². The maximum atomic E-state index is 14.9. The molecule has 0 bridgehead atoms. The number of piperidine rings is 1. The number of halogens is 5. The second kappa shape index (κ2) is 9.74. The SMILES string of the molecule is COc1cc(F)c(C(F)(F)CC2CNCCC2NC(=O)Nc2ccc(Cl)cc2)c(F)c1. The Balaban J connectivity index is 1.71. The van der Waals surface area contributed by atoms with E-state index in [9.17, 15) is 22.4 Å². The number of ether oxygens (including phenoxy) is 1. The van der Waals surface area contributed by atoms with Gasteiger partial charge >= 0.3 is 6.03 Å². The summed E-state index contributed by atoms with van der Waals surface area (Å²) in [6.45, 7) is 0.681. The summed E-state index contributed by atoms with van der Waals surface area (Å²) in [5.41, 5.74) is -0.816. The summed E-state index contributed by atoms with van der Waals surface area (Å²) >= 11 is 5.81. The predicted molar refractivity (Wildman–Crippen MR) is 110 cm³/mol. The van der Waals surface area contributed by atoms with Crippen LogP contribution >= 0.6 is 11.6 Å². The number of carbonyl (C=O) groups is 1. The standard InChI is InChI=1S/C21H22ClF4N3O2/c1-31-15-8-16(23)19(17(24)9-15)21(25,26)10-12-11-27-7-6-18(12)29-20(30)28-14-4-2-13(22)3-5-14/h2-5,8-9,12,18,27H,6-7,10-11H2,1H3,(H2,28,29,30). The van der Waals surface area contributed by atoms with Gasteiger partial charge < -0.3 is 20.7 Å². The second-order valence-electron chi connectivity index (χ2n) is 7.34. The van der Waals surface area contributed by atoms with Crippen molar-refractivity contribution in [1.29, 1.82) is 0 Å². The van der Waals surface area contributed by atoms with Gasteiger partial charge in [-0.2, -0.15) is 0 Å². The van der Waals surface area contributed by atoms with Crippen molar-refractivity contribution < 1.29 is 27.1 Å². The third-order valence-corrected chi connectivity index (χ3v) is 5.41. The van der Waals surface area contributed by atoms with Crippen LogP contribution in [0, 0.1) is 17.6 Å². The molecule has 0 aromatic heterocycles. The molecule has 0 radical (unpaired) electrons. The van der Waals surface area contributed by atoms with E-state index in [1.54, 1.807) is 24.3 Å². The highest BCUT2D eigenvalue weighted by molar-refractivity contribution is 6.30. The molecule has 31 heavy (non-hydrogen) atoms. The monoisotopic (exact) mass is 459 g/mol. The minimum Gasteiger partial charge on any atom is -0.497 e. The summed E-state index contributed by atoms with van der Waals surface area (Å²) in [6.07, 6.45) is -0.450. The van der Waals surface area contributed by atoms with Gasteiger partial charge in [-0.05, 0) is 43.1 Å². The van der Waals surface area contributed by atoms with Crippen molar-refractivity contribution in [3.8, 4) is 5.75 Å². The third-order valence-electron chi connectivity index (χ3n) is 5.16. The molecule has 0 saturated carbocycles. The van der Waals surface area contributed by atoms with Crippen LogP contribution in [0.5, 0.6) is 5.75 Å². The van der Waals surface area contributed by atoms with Crippen LogP contribution in [0.1, 0.15) is 18.4 Å². The van der Waals surface area contributed by atoms with Gasteiger partial charge in [-0.25, -0.2) is 22.4 Å². The normalized spacial score (nSPS) is 19.0. The minimum atomic E-state index is -3.78. The smallest absolute Gasteiger partial charge is 0.319 e. The zero-order chi connectivity index (χ0) is 22.6. The Labute approximate surface area is 182 Å². The van der Waals surface area contributed by atoms with E-state index in [1.807, 2.05) is 0 Å². The van der Waals surface area contributed by atoms with E-state index in [0.717, 1.165) is 12.1 Å². The number of alkyl halides is 2. The molecule has 2 unspecified atom stereocenters. The first kappa shape index (κ1) is 23.1. The van der Waals surface area contributed by atoms with Crippen LogP contribution < -0.4 is 20.7 Å². The van der Waals surface area contributed by atoms with Gasteiger partial charge in [0.1, 0.15) is 17.4 Å². The molecule has 2 atom stereocenters. The molecule has 10 heteroatoms. The van der Waals surface area contributed by atoms with Gasteiger partial charge in [0.25, 0.3) is 5.92 Å². The van der Waals surface area contributed by atoms with Crippen molar-refractivity contribution in [2.75, 3.05) is 25.5 Å². The number of methoxy groups -OCH3 is 1. The van der Waals surface area contributed by atoms with Crippen molar-refractivity contribution in [3.05, 3.63) is 58.6 Å². The van der Waals surface area contributed by atoms with Crippen molar-refractivity contribution in [2.45, 2.75) is 24.8 Å². The molecule has 1 aliphatic heterocycles. The molecule has 1 fully saturated rings. The lowest BCUT2D eigenvalue weighted by molar-refractivity contribution is -0.0417. The highest BCUT2D eigenvalue weighted by Crippen LogP contribution is 2.40. The molecular weight excluding hydrogens is 438 g/mol. The maximum Gasteiger partial charge on any atom is 0.319 e. The number of nitrogens with one attached hydrogen (secondary N) is 3. The van der Waals surface area contributed by atoms with Crippen molar-refractivity contribution in [1.82, 2.24) is 10.6 Å². The van der Waals surface area contributed by atoms with Crippen LogP contribution in [-0.4, -0.2) is 32.3 Å². The second-order valence-corrected chi connectivity index (χ2v) is 7.78. The van der Waals surface area contributed by atoms with Crippen LogP contribution in [0.3, 0.4) is 0 Å². The van der Waals surface area contributed by atoms with Crippen LogP contribution in [0.4, 0.5) is 28.0 Å². The summed E-state index contributed by atoms with van der Waals surface area (Å²) in [5.74, 6) is -7.48. The lowest BCUT2D eigenvalue weighted by atomic mass is 9.86. The number of rotatable bonds is 6. The fraction of sp³-hybridized carbons (Fsp3) is 0.381. The van der Waals surface area contributed by atoms with Gasteiger partial charge in [0, 0.05) is 41.9 Å². The van der Waals surface area contributed by atoms with E-state index in [0.29, 0.717) is 23.7 Å². The Morgan fingerprint density at radius 1 is 1.23 bits per heavy atom. The predicted octanol–water partition coefficient (Wildman–Crippen LogP) is 4.91. The largest absolute Gasteiger partial charge is 0.497 e. The summed E-state index contributed by atoms with van der Waals surface area (Å²) in [4.78, 5) is 12.3. The Bertz CT molecular complexity index is 904. The van der Waals surface area contributed by atoms with Crippen molar-refractivity contribution in [2.24, 2.45) is 5.92 Å².